The number of hydrogen-bond acceptors (Lipinski definition) is 2. The minimum atomic E-state index is 0.191. The van der Waals surface area contributed by atoms with E-state index in [1.54, 1.807) is 0 Å². The Morgan fingerprint density at radius 2 is 0.880 bits per heavy atom. The average molecular weight is 694 g/mol. The van der Waals surface area contributed by atoms with Gasteiger partial charge in [-0.05, 0) is 97.6 Å². The topological polar surface area (TPSA) is 20.3 Å². The van der Waals surface area contributed by atoms with Gasteiger partial charge in [-0.3, -0.25) is 4.79 Å². The molecule has 0 aromatic heterocycles. The highest BCUT2D eigenvalue weighted by Gasteiger charge is 2.27. The fraction of sp³-hybridized carbons (Fsp3) is 0.771. The van der Waals surface area contributed by atoms with Crippen LogP contribution in [0.4, 0.5) is 0 Å². The third kappa shape index (κ3) is 32.3. The van der Waals surface area contributed by atoms with E-state index in [0.717, 1.165) is 44.9 Å². The number of allylic oxidation sites excluding steroid dienone is 10. The quantitative estimate of drug-likeness (QED) is 0.0477. The van der Waals surface area contributed by atoms with Crippen LogP contribution in [0.2, 0.25) is 0 Å². The summed E-state index contributed by atoms with van der Waals surface area (Å²) in [6.07, 6.45) is 57.8. The highest BCUT2D eigenvalue weighted by Crippen LogP contribution is 2.27. The van der Waals surface area contributed by atoms with Gasteiger partial charge in [0.1, 0.15) is 5.78 Å². The first-order valence-corrected chi connectivity index (χ1v) is 21.9. The number of carbonyl (C=O) groups is 1. The third-order valence-electron chi connectivity index (χ3n) is 10.5. The van der Waals surface area contributed by atoms with E-state index in [2.05, 4.69) is 107 Å². The maximum Gasteiger partial charge on any atom is 0.137 e. The Labute approximate surface area is 314 Å². The summed E-state index contributed by atoms with van der Waals surface area (Å²) in [5, 5.41) is 0. The molecular formula is C48H87NO. The SMILES string of the molecule is CC/C=C\C/C=C\C/C=C\CCCCCCCC[C@@H](CCCCCCCC/C=C\C/C=C\CCCCC)CC(=O)C(CCCC)C(C)N(C)C. The molecule has 2 unspecified atom stereocenters. The zero-order valence-corrected chi connectivity index (χ0v) is 34.7. The summed E-state index contributed by atoms with van der Waals surface area (Å²) in [7, 11) is 4.28. The van der Waals surface area contributed by atoms with Crippen molar-refractivity contribution in [3.05, 3.63) is 60.8 Å². The molecule has 0 aliphatic carbocycles. The molecule has 0 radical (unpaired) electrons. The molecule has 0 spiro atoms. The van der Waals surface area contributed by atoms with Crippen molar-refractivity contribution in [2.45, 2.75) is 214 Å². The number of nitrogens with zero attached hydrogens (tertiary/aromatic N) is 1. The molecule has 0 aliphatic heterocycles. The monoisotopic (exact) mass is 694 g/mol. The molecule has 0 heterocycles. The van der Waals surface area contributed by atoms with Crippen LogP contribution in [0.25, 0.3) is 0 Å². The highest BCUT2D eigenvalue weighted by atomic mass is 16.1. The van der Waals surface area contributed by atoms with Crippen molar-refractivity contribution in [2.75, 3.05) is 14.1 Å². The first-order valence-electron chi connectivity index (χ1n) is 21.9. The van der Waals surface area contributed by atoms with Crippen LogP contribution in [0.5, 0.6) is 0 Å². The van der Waals surface area contributed by atoms with Crippen molar-refractivity contribution in [1.29, 1.82) is 0 Å². The van der Waals surface area contributed by atoms with Crippen molar-refractivity contribution < 1.29 is 4.79 Å². The second-order valence-corrected chi connectivity index (χ2v) is 15.4. The molecule has 0 aromatic carbocycles. The Bertz CT molecular complexity index is 861. The first-order chi connectivity index (χ1) is 24.5. The van der Waals surface area contributed by atoms with E-state index in [1.165, 1.54) is 135 Å². The Kier molecular flexibility index (Phi) is 37.3. The van der Waals surface area contributed by atoms with Gasteiger partial charge in [0, 0.05) is 18.4 Å². The van der Waals surface area contributed by atoms with Crippen LogP contribution in [-0.4, -0.2) is 30.8 Å². The molecule has 0 bridgehead atoms. The van der Waals surface area contributed by atoms with E-state index < -0.39 is 0 Å². The van der Waals surface area contributed by atoms with Gasteiger partial charge in [0.25, 0.3) is 0 Å². The summed E-state index contributed by atoms with van der Waals surface area (Å²) in [6.45, 7) is 8.96. The molecule has 0 amide bonds. The molecule has 0 saturated carbocycles. The van der Waals surface area contributed by atoms with Gasteiger partial charge in [-0.2, -0.15) is 0 Å². The van der Waals surface area contributed by atoms with Crippen molar-refractivity contribution >= 4 is 5.78 Å². The fourth-order valence-corrected chi connectivity index (χ4v) is 6.89. The van der Waals surface area contributed by atoms with Crippen molar-refractivity contribution in [3.8, 4) is 0 Å². The zero-order valence-electron chi connectivity index (χ0n) is 34.7. The molecule has 0 fully saturated rings. The number of hydrogen-bond donors (Lipinski definition) is 0. The lowest BCUT2D eigenvalue weighted by Gasteiger charge is -2.29. The Balaban J connectivity index is 4.45. The standard InChI is InChI=1S/C48H87NO/c1-7-10-13-15-17-19-21-23-25-27-29-31-33-35-37-39-41-46(44-48(50)47(43-12-9-3)45(4)49(5)6)42-40-38-36-34-32-30-28-26-24-22-20-18-16-14-11-8-2/h10,13,17-20,23-26,45-47H,7-9,11-12,14-16,21-22,27-44H2,1-6H3/b13-10-,19-17-,20-18-,25-23-,26-24-/t45?,46-,47?/m0/s1. The number of carbonyl (C=O) groups excluding carboxylic acids is 1. The van der Waals surface area contributed by atoms with Crippen LogP contribution in [-0.2, 0) is 4.79 Å². The number of unbranched alkanes of at least 4 members (excludes halogenated alkanes) is 16. The van der Waals surface area contributed by atoms with Gasteiger partial charge in [-0.1, -0.05) is 184 Å². The van der Waals surface area contributed by atoms with Crippen molar-refractivity contribution in [1.82, 2.24) is 4.90 Å². The molecule has 0 rings (SSSR count). The molecule has 3 atom stereocenters. The van der Waals surface area contributed by atoms with Gasteiger partial charge in [0.15, 0.2) is 0 Å². The summed E-state index contributed by atoms with van der Waals surface area (Å²) in [5.74, 6) is 1.31. The Morgan fingerprint density at radius 3 is 1.32 bits per heavy atom. The summed E-state index contributed by atoms with van der Waals surface area (Å²) >= 11 is 0. The predicted octanol–water partition coefficient (Wildman–Crippen LogP) is 15.5. The molecule has 0 saturated heterocycles. The van der Waals surface area contributed by atoms with Crippen molar-refractivity contribution in [2.24, 2.45) is 11.8 Å². The molecular weight excluding hydrogens is 607 g/mol. The third-order valence-corrected chi connectivity index (χ3v) is 10.5. The van der Waals surface area contributed by atoms with E-state index in [9.17, 15) is 4.79 Å². The van der Waals surface area contributed by atoms with Crippen LogP contribution in [0.15, 0.2) is 60.8 Å². The lowest BCUT2D eigenvalue weighted by atomic mass is 9.82. The first kappa shape index (κ1) is 48.3. The smallest absolute Gasteiger partial charge is 0.137 e. The minimum Gasteiger partial charge on any atom is -0.306 e. The van der Waals surface area contributed by atoms with Crippen LogP contribution < -0.4 is 0 Å². The molecule has 0 aliphatic rings. The normalized spacial score (nSPS) is 14.5. The van der Waals surface area contributed by atoms with E-state index >= 15 is 0 Å². The molecule has 0 N–H and O–H groups in total. The number of rotatable bonds is 37. The molecule has 2 nitrogen and oxygen atoms in total. The number of Topliss-reactive ketones (excluding diaryl/α,β-unsaturated/α-hetero) is 1. The Morgan fingerprint density at radius 1 is 0.480 bits per heavy atom. The van der Waals surface area contributed by atoms with E-state index in [4.69, 9.17) is 0 Å². The van der Waals surface area contributed by atoms with Gasteiger partial charge >= 0.3 is 0 Å². The summed E-state index contributed by atoms with van der Waals surface area (Å²) in [6, 6.07) is 0.329. The van der Waals surface area contributed by atoms with Gasteiger partial charge in [-0.15, -0.1) is 0 Å². The summed E-state index contributed by atoms with van der Waals surface area (Å²) in [4.78, 5) is 16.0. The van der Waals surface area contributed by atoms with Crippen molar-refractivity contribution in [3.63, 3.8) is 0 Å². The van der Waals surface area contributed by atoms with E-state index in [-0.39, 0.29) is 5.92 Å². The minimum absolute atomic E-state index is 0.191. The maximum atomic E-state index is 13.7. The molecule has 0 aromatic rings. The largest absolute Gasteiger partial charge is 0.306 e. The molecule has 290 valence electrons. The van der Waals surface area contributed by atoms with E-state index in [1.807, 2.05) is 0 Å². The second kappa shape index (κ2) is 38.6. The number of ketones is 1. The van der Waals surface area contributed by atoms with Crippen LogP contribution in [0, 0.1) is 11.8 Å². The lowest BCUT2D eigenvalue weighted by molar-refractivity contribution is -0.126. The van der Waals surface area contributed by atoms with Gasteiger partial charge in [-0.25, -0.2) is 0 Å². The van der Waals surface area contributed by atoms with Crippen LogP contribution in [0.1, 0.15) is 207 Å². The maximum absolute atomic E-state index is 13.7. The lowest BCUT2D eigenvalue weighted by Crippen LogP contribution is -2.37. The highest BCUT2D eigenvalue weighted by molar-refractivity contribution is 5.81. The average Bonchev–Trinajstić information content (AvgIpc) is 3.11. The van der Waals surface area contributed by atoms with Crippen LogP contribution in [0.3, 0.4) is 0 Å². The summed E-state index contributed by atoms with van der Waals surface area (Å²) in [5.41, 5.74) is 0. The van der Waals surface area contributed by atoms with Gasteiger partial charge in [0.2, 0.25) is 0 Å². The fourth-order valence-electron chi connectivity index (χ4n) is 6.89. The van der Waals surface area contributed by atoms with E-state index in [0.29, 0.717) is 17.7 Å². The predicted molar refractivity (Wildman–Crippen MR) is 227 cm³/mol. The molecule has 50 heavy (non-hydrogen) atoms. The Hall–Kier alpha value is -1.67. The van der Waals surface area contributed by atoms with Crippen LogP contribution >= 0.6 is 0 Å². The zero-order chi connectivity index (χ0) is 36.8. The van der Waals surface area contributed by atoms with Gasteiger partial charge < -0.3 is 4.90 Å². The summed E-state index contributed by atoms with van der Waals surface area (Å²) < 4.78 is 0. The van der Waals surface area contributed by atoms with Gasteiger partial charge in [0.05, 0.1) is 0 Å². The second-order valence-electron chi connectivity index (χ2n) is 15.4. The molecule has 2 heteroatoms.